The first-order valence-electron chi connectivity index (χ1n) is 6.22. The summed E-state index contributed by atoms with van der Waals surface area (Å²) in [5.41, 5.74) is 3.58. The number of pyridine rings is 1. The number of aromatic nitrogens is 1. The predicted octanol–water partition coefficient (Wildman–Crippen LogP) is 4.50. The first-order chi connectivity index (χ1) is 9.13. The molecule has 4 heteroatoms. The Hall–Kier alpha value is -0.900. The molecular weight excluding hydrogens is 324 g/mol. The van der Waals surface area contributed by atoms with Crippen LogP contribution in [0.5, 0.6) is 0 Å². The summed E-state index contributed by atoms with van der Waals surface area (Å²) < 4.78 is 1.01. The van der Waals surface area contributed by atoms with Crippen LogP contribution in [0, 0.1) is 6.92 Å². The van der Waals surface area contributed by atoms with Crippen molar-refractivity contribution in [3.05, 3.63) is 62.8 Å². The molecule has 1 aromatic heterocycles. The number of benzene rings is 1. The molecule has 1 atom stereocenters. The van der Waals surface area contributed by atoms with E-state index in [-0.39, 0.29) is 6.04 Å². The molecule has 0 aliphatic carbocycles. The number of rotatable bonds is 4. The standard InChI is InChI=1S/C15H16BrClN2/c1-3-19-15(13-9-18-7-6-10(13)2)12-5-4-11(17)8-14(12)16/h4-9,15,19H,3H2,1-2H3. The lowest BCUT2D eigenvalue weighted by Gasteiger charge is -2.21. The highest BCUT2D eigenvalue weighted by atomic mass is 79.9. The second kappa shape index (κ2) is 6.51. The summed E-state index contributed by atoms with van der Waals surface area (Å²) in [5, 5.41) is 4.23. The average molecular weight is 340 g/mol. The van der Waals surface area contributed by atoms with Crippen LogP contribution in [0.25, 0.3) is 0 Å². The quantitative estimate of drug-likeness (QED) is 0.887. The summed E-state index contributed by atoms with van der Waals surface area (Å²) in [6, 6.07) is 8.03. The molecule has 0 saturated carbocycles. The van der Waals surface area contributed by atoms with Gasteiger partial charge < -0.3 is 5.32 Å². The number of nitrogens with zero attached hydrogens (tertiary/aromatic N) is 1. The van der Waals surface area contributed by atoms with Gasteiger partial charge in [-0.3, -0.25) is 4.98 Å². The molecule has 100 valence electrons. The molecule has 2 aromatic rings. The fourth-order valence-electron chi connectivity index (χ4n) is 2.11. The lowest BCUT2D eigenvalue weighted by Crippen LogP contribution is -2.23. The molecule has 0 fully saturated rings. The number of hydrogen-bond acceptors (Lipinski definition) is 2. The molecule has 0 amide bonds. The van der Waals surface area contributed by atoms with Gasteiger partial charge in [-0.2, -0.15) is 0 Å². The Labute approximate surface area is 127 Å². The molecule has 1 unspecified atom stereocenters. The minimum atomic E-state index is 0.116. The molecule has 0 spiro atoms. The molecule has 0 aliphatic heterocycles. The van der Waals surface area contributed by atoms with E-state index in [9.17, 15) is 0 Å². The van der Waals surface area contributed by atoms with E-state index in [4.69, 9.17) is 11.6 Å². The van der Waals surface area contributed by atoms with Crippen molar-refractivity contribution in [1.82, 2.24) is 10.3 Å². The highest BCUT2D eigenvalue weighted by Gasteiger charge is 2.17. The van der Waals surface area contributed by atoms with Crippen molar-refractivity contribution in [1.29, 1.82) is 0 Å². The lowest BCUT2D eigenvalue weighted by molar-refractivity contribution is 0.623. The zero-order chi connectivity index (χ0) is 13.8. The van der Waals surface area contributed by atoms with Crippen molar-refractivity contribution < 1.29 is 0 Å². The zero-order valence-electron chi connectivity index (χ0n) is 11.0. The van der Waals surface area contributed by atoms with Crippen molar-refractivity contribution in [3.63, 3.8) is 0 Å². The van der Waals surface area contributed by atoms with Gasteiger partial charge in [0.1, 0.15) is 0 Å². The zero-order valence-corrected chi connectivity index (χ0v) is 13.3. The predicted molar refractivity (Wildman–Crippen MR) is 83.6 cm³/mol. The molecule has 19 heavy (non-hydrogen) atoms. The minimum Gasteiger partial charge on any atom is -0.306 e. The van der Waals surface area contributed by atoms with Crippen LogP contribution in [0.15, 0.2) is 41.1 Å². The van der Waals surface area contributed by atoms with Crippen molar-refractivity contribution in [2.75, 3.05) is 6.54 Å². The van der Waals surface area contributed by atoms with Crippen LogP contribution >= 0.6 is 27.5 Å². The Bertz CT molecular complexity index is 572. The summed E-state index contributed by atoms with van der Waals surface area (Å²) >= 11 is 9.61. The van der Waals surface area contributed by atoms with Crippen LogP contribution in [0.2, 0.25) is 5.02 Å². The highest BCUT2D eigenvalue weighted by molar-refractivity contribution is 9.10. The third-order valence-electron chi connectivity index (χ3n) is 3.07. The van der Waals surface area contributed by atoms with Crippen molar-refractivity contribution >= 4 is 27.5 Å². The minimum absolute atomic E-state index is 0.116. The summed E-state index contributed by atoms with van der Waals surface area (Å²) in [4.78, 5) is 4.24. The molecule has 1 heterocycles. The van der Waals surface area contributed by atoms with Gasteiger partial charge in [-0.05, 0) is 48.4 Å². The van der Waals surface area contributed by atoms with Crippen LogP contribution in [-0.2, 0) is 0 Å². The average Bonchev–Trinajstić information content (AvgIpc) is 2.38. The normalized spacial score (nSPS) is 12.4. The molecule has 0 radical (unpaired) electrons. The van der Waals surface area contributed by atoms with Crippen LogP contribution in [0.4, 0.5) is 0 Å². The monoisotopic (exact) mass is 338 g/mol. The van der Waals surface area contributed by atoms with Gasteiger partial charge in [0.25, 0.3) is 0 Å². The highest BCUT2D eigenvalue weighted by Crippen LogP contribution is 2.31. The molecular formula is C15H16BrClN2. The number of nitrogens with one attached hydrogen (secondary N) is 1. The maximum Gasteiger partial charge on any atom is 0.0605 e. The number of hydrogen-bond donors (Lipinski definition) is 1. The number of aryl methyl sites for hydroxylation is 1. The Morgan fingerprint density at radius 3 is 2.74 bits per heavy atom. The second-order valence-electron chi connectivity index (χ2n) is 4.39. The van der Waals surface area contributed by atoms with E-state index in [0.717, 1.165) is 16.0 Å². The van der Waals surface area contributed by atoms with E-state index >= 15 is 0 Å². The van der Waals surface area contributed by atoms with Gasteiger partial charge in [-0.15, -0.1) is 0 Å². The first-order valence-corrected chi connectivity index (χ1v) is 7.39. The molecule has 0 bridgehead atoms. The Morgan fingerprint density at radius 1 is 1.32 bits per heavy atom. The molecule has 2 nitrogen and oxygen atoms in total. The van der Waals surface area contributed by atoms with Gasteiger partial charge in [0.2, 0.25) is 0 Å². The number of halogens is 2. The van der Waals surface area contributed by atoms with Crippen molar-refractivity contribution in [2.24, 2.45) is 0 Å². The Balaban J connectivity index is 2.48. The van der Waals surface area contributed by atoms with E-state index in [1.165, 1.54) is 16.7 Å². The van der Waals surface area contributed by atoms with Crippen LogP contribution in [0.1, 0.15) is 29.7 Å². The van der Waals surface area contributed by atoms with Gasteiger partial charge in [0.05, 0.1) is 6.04 Å². The van der Waals surface area contributed by atoms with Gasteiger partial charge in [0.15, 0.2) is 0 Å². The topological polar surface area (TPSA) is 24.9 Å². The summed E-state index contributed by atoms with van der Waals surface area (Å²) in [7, 11) is 0. The fraction of sp³-hybridized carbons (Fsp3) is 0.267. The second-order valence-corrected chi connectivity index (χ2v) is 5.68. The molecule has 1 N–H and O–H groups in total. The lowest BCUT2D eigenvalue weighted by atomic mass is 9.97. The maximum absolute atomic E-state index is 6.01. The fourth-order valence-corrected chi connectivity index (χ4v) is 3.02. The van der Waals surface area contributed by atoms with E-state index < -0.39 is 0 Å². The van der Waals surface area contributed by atoms with Gasteiger partial charge in [-0.25, -0.2) is 0 Å². The molecule has 0 aliphatic rings. The van der Waals surface area contributed by atoms with E-state index in [2.05, 4.69) is 40.1 Å². The maximum atomic E-state index is 6.01. The van der Waals surface area contributed by atoms with E-state index in [1.807, 2.05) is 36.7 Å². The van der Waals surface area contributed by atoms with Gasteiger partial charge in [0, 0.05) is 21.9 Å². The van der Waals surface area contributed by atoms with Crippen molar-refractivity contribution in [2.45, 2.75) is 19.9 Å². The van der Waals surface area contributed by atoms with Crippen LogP contribution < -0.4 is 5.32 Å². The largest absolute Gasteiger partial charge is 0.306 e. The van der Waals surface area contributed by atoms with E-state index in [0.29, 0.717) is 0 Å². The molecule has 1 aromatic carbocycles. The third kappa shape index (κ3) is 3.35. The first kappa shape index (κ1) is 14.5. The summed E-state index contributed by atoms with van der Waals surface area (Å²) in [6.07, 6.45) is 3.74. The van der Waals surface area contributed by atoms with Gasteiger partial charge in [-0.1, -0.05) is 40.5 Å². The van der Waals surface area contributed by atoms with Gasteiger partial charge >= 0.3 is 0 Å². The van der Waals surface area contributed by atoms with E-state index in [1.54, 1.807) is 0 Å². The SMILES string of the molecule is CCNC(c1cnccc1C)c1ccc(Cl)cc1Br. The summed E-state index contributed by atoms with van der Waals surface area (Å²) in [5.74, 6) is 0. The Morgan fingerprint density at radius 2 is 2.11 bits per heavy atom. The summed E-state index contributed by atoms with van der Waals surface area (Å²) in [6.45, 7) is 5.09. The van der Waals surface area contributed by atoms with Crippen molar-refractivity contribution in [3.8, 4) is 0 Å². The Kier molecular flexibility index (Phi) is 4.97. The van der Waals surface area contributed by atoms with Crippen LogP contribution in [-0.4, -0.2) is 11.5 Å². The molecule has 0 saturated heterocycles. The van der Waals surface area contributed by atoms with Crippen LogP contribution in [0.3, 0.4) is 0 Å². The molecule has 2 rings (SSSR count). The third-order valence-corrected chi connectivity index (χ3v) is 3.99. The smallest absolute Gasteiger partial charge is 0.0605 e.